The molecular weight excluding hydrogens is 328 g/mol. The fourth-order valence-electron chi connectivity index (χ4n) is 2.87. The molecule has 3 aromatic rings. The molecule has 0 bridgehead atoms. The van der Waals surface area contributed by atoms with E-state index >= 15 is 0 Å². The topological polar surface area (TPSA) is 68.1 Å². The van der Waals surface area contributed by atoms with Gasteiger partial charge in [0.1, 0.15) is 5.75 Å². The third kappa shape index (κ3) is 4.13. The van der Waals surface area contributed by atoms with Crippen LogP contribution in [0.15, 0.2) is 77.4 Å². The van der Waals surface area contributed by atoms with E-state index in [0.717, 1.165) is 11.3 Å². The number of hydrogen-bond acceptors (Lipinski definition) is 3. The van der Waals surface area contributed by atoms with Crippen LogP contribution < -0.4 is 15.4 Å². The van der Waals surface area contributed by atoms with Crippen LogP contribution in [-0.2, 0) is 4.79 Å². The highest BCUT2D eigenvalue weighted by Crippen LogP contribution is 2.23. The van der Waals surface area contributed by atoms with Crippen LogP contribution in [0.3, 0.4) is 0 Å². The predicted octanol–water partition coefficient (Wildman–Crippen LogP) is 2.97. The lowest BCUT2D eigenvalue weighted by molar-refractivity contribution is -0.706. The zero-order valence-electron chi connectivity index (χ0n) is 14.9. The molecule has 26 heavy (non-hydrogen) atoms. The number of carbonyl (C=O) groups excluding carboxylic acids is 1. The number of para-hydroxylation sites is 2. The summed E-state index contributed by atoms with van der Waals surface area (Å²) in [5.41, 5.74) is 1.74. The molecule has 0 fully saturated rings. The molecule has 0 saturated heterocycles. The number of rotatable bonds is 7. The van der Waals surface area contributed by atoms with Crippen molar-refractivity contribution in [2.75, 3.05) is 12.4 Å². The molecule has 3 N–H and O–H groups in total. The summed E-state index contributed by atoms with van der Waals surface area (Å²) >= 11 is 0. The average Bonchev–Trinajstić information content (AvgIpc) is 3.21. The molecular formula is C21H23N2O3+. The minimum atomic E-state index is -0.324. The van der Waals surface area contributed by atoms with Gasteiger partial charge in [0.25, 0.3) is 5.91 Å². The van der Waals surface area contributed by atoms with Gasteiger partial charge in [-0.25, -0.2) is 0 Å². The van der Waals surface area contributed by atoms with Crippen molar-refractivity contribution >= 4 is 11.6 Å². The van der Waals surface area contributed by atoms with E-state index in [9.17, 15) is 4.79 Å². The van der Waals surface area contributed by atoms with Crippen LogP contribution in [0.4, 0.5) is 5.69 Å². The van der Waals surface area contributed by atoms with Gasteiger partial charge in [-0.15, -0.1) is 0 Å². The second-order valence-corrected chi connectivity index (χ2v) is 6.07. The van der Waals surface area contributed by atoms with Gasteiger partial charge >= 0.3 is 0 Å². The number of methoxy groups -OCH3 is 1. The fraction of sp³-hybridized carbons (Fsp3) is 0.190. The van der Waals surface area contributed by atoms with Gasteiger partial charge in [-0.05, 0) is 31.2 Å². The van der Waals surface area contributed by atoms with E-state index in [1.54, 1.807) is 13.4 Å². The highest BCUT2D eigenvalue weighted by molar-refractivity contribution is 5.94. The number of carbonyl (C=O) groups is 1. The van der Waals surface area contributed by atoms with E-state index in [-0.39, 0.29) is 18.0 Å². The minimum absolute atomic E-state index is 0.0929. The predicted molar refractivity (Wildman–Crippen MR) is 100 cm³/mol. The Balaban J connectivity index is 1.75. The zero-order chi connectivity index (χ0) is 18.4. The molecule has 1 amide bonds. The highest BCUT2D eigenvalue weighted by atomic mass is 16.5. The third-order valence-corrected chi connectivity index (χ3v) is 4.27. The van der Waals surface area contributed by atoms with Gasteiger partial charge in [-0.1, -0.05) is 42.5 Å². The first kappa shape index (κ1) is 17.8. The van der Waals surface area contributed by atoms with Crippen molar-refractivity contribution in [2.45, 2.75) is 19.0 Å². The monoisotopic (exact) mass is 351 g/mol. The van der Waals surface area contributed by atoms with Gasteiger partial charge in [0.05, 0.1) is 19.1 Å². The van der Waals surface area contributed by atoms with E-state index < -0.39 is 0 Å². The Hall–Kier alpha value is -3.05. The maximum absolute atomic E-state index is 12.7. The summed E-state index contributed by atoms with van der Waals surface area (Å²) in [7, 11) is 1.59. The van der Waals surface area contributed by atoms with Crippen LogP contribution in [0.2, 0.25) is 0 Å². The largest absolute Gasteiger partial charge is 0.495 e. The Kier molecular flexibility index (Phi) is 5.71. The summed E-state index contributed by atoms with van der Waals surface area (Å²) in [4.78, 5) is 12.7. The number of anilines is 1. The van der Waals surface area contributed by atoms with E-state index in [4.69, 9.17) is 9.15 Å². The lowest BCUT2D eigenvalue weighted by Gasteiger charge is -2.19. The van der Waals surface area contributed by atoms with Crippen molar-refractivity contribution in [3.05, 3.63) is 84.3 Å². The summed E-state index contributed by atoms with van der Waals surface area (Å²) in [5, 5.41) is 4.94. The minimum Gasteiger partial charge on any atom is -0.495 e. The summed E-state index contributed by atoms with van der Waals surface area (Å²) in [5.74, 6) is 1.36. The van der Waals surface area contributed by atoms with Gasteiger partial charge in [0.2, 0.25) is 0 Å². The fourth-order valence-corrected chi connectivity index (χ4v) is 2.87. The quantitative estimate of drug-likeness (QED) is 0.688. The van der Waals surface area contributed by atoms with E-state index in [1.165, 1.54) is 0 Å². The molecule has 0 spiro atoms. The second-order valence-electron chi connectivity index (χ2n) is 6.07. The number of hydrogen-bond donors (Lipinski definition) is 2. The number of nitrogens with two attached hydrogens (primary N) is 1. The smallest absolute Gasteiger partial charge is 0.282 e. The summed E-state index contributed by atoms with van der Waals surface area (Å²) in [6, 6.07) is 20.8. The Bertz CT molecular complexity index is 831. The van der Waals surface area contributed by atoms with Gasteiger partial charge in [-0.2, -0.15) is 0 Å². The molecule has 2 aromatic carbocycles. The van der Waals surface area contributed by atoms with Crippen molar-refractivity contribution in [1.29, 1.82) is 0 Å². The molecule has 1 aromatic heterocycles. The average molecular weight is 351 g/mol. The van der Waals surface area contributed by atoms with Crippen LogP contribution in [0, 0.1) is 0 Å². The number of furan rings is 1. The lowest BCUT2D eigenvalue weighted by atomic mass is 10.0. The summed E-state index contributed by atoms with van der Waals surface area (Å²) < 4.78 is 10.9. The zero-order valence-corrected chi connectivity index (χ0v) is 14.9. The molecule has 134 valence electrons. The maximum Gasteiger partial charge on any atom is 0.282 e. The number of benzene rings is 2. The molecule has 0 aliphatic heterocycles. The van der Waals surface area contributed by atoms with Crippen LogP contribution >= 0.6 is 0 Å². The van der Waals surface area contributed by atoms with Crippen molar-refractivity contribution in [1.82, 2.24) is 0 Å². The van der Waals surface area contributed by atoms with Crippen LogP contribution in [0.1, 0.15) is 24.3 Å². The number of ether oxygens (including phenoxy) is 1. The number of amides is 1. The number of quaternary nitrogens is 1. The van der Waals surface area contributed by atoms with Crippen LogP contribution in [0.25, 0.3) is 0 Å². The van der Waals surface area contributed by atoms with Gasteiger partial charge < -0.3 is 19.8 Å². The van der Waals surface area contributed by atoms with Crippen LogP contribution in [0.5, 0.6) is 5.75 Å². The van der Waals surface area contributed by atoms with E-state index in [1.807, 2.05) is 79.0 Å². The standard InChI is InChI=1S/C21H22N2O3/c1-15(21(24)23-17-11-6-7-12-18(17)25-2)22-20(19-13-8-14-26-19)16-9-4-3-5-10-16/h3-15,20,22H,1-2H3,(H,23,24)/p+1/t15-,20+/m0/s1. The Morgan fingerprint density at radius 2 is 1.77 bits per heavy atom. The second kappa shape index (κ2) is 8.36. The first-order valence-electron chi connectivity index (χ1n) is 8.56. The summed E-state index contributed by atoms with van der Waals surface area (Å²) in [6.07, 6.45) is 1.65. The highest BCUT2D eigenvalue weighted by Gasteiger charge is 2.27. The van der Waals surface area contributed by atoms with Gasteiger partial charge in [0.15, 0.2) is 17.8 Å². The molecule has 5 nitrogen and oxygen atoms in total. The molecule has 0 radical (unpaired) electrons. The normalized spacial score (nSPS) is 13.0. The van der Waals surface area contributed by atoms with Crippen molar-refractivity contribution in [3.63, 3.8) is 0 Å². The molecule has 0 aliphatic rings. The lowest BCUT2D eigenvalue weighted by Crippen LogP contribution is -2.92. The maximum atomic E-state index is 12.7. The van der Waals surface area contributed by atoms with Crippen molar-refractivity contribution in [2.24, 2.45) is 0 Å². The Morgan fingerprint density at radius 3 is 2.46 bits per heavy atom. The molecule has 2 atom stereocenters. The van der Waals surface area contributed by atoms with Crippen molar-refractivity contribution < 1.29 is 19.3 Å². The third-order valence-electron chi connectivity index (χ3n) is 4.27. The van der Waals surface area contributed by atoms with E-state index in [2.05, 4.69) is 5.32 Å². The Labute approximate surface area is 153 Å². The van der Waals surface area contributed by atoms with Crippen molar-refractivity contribution in [3.8, 4) is 5.75 Å². The van der Waals surface area contributed by atoms with Crippen LogP contribution in [-0.4, -0.2) is 19.1 Å². The first-order valence-corrected chi connectivity index (χ1v) is 8.56. The Morgan fingerprint density at radius 1 is 1.04 bits per heavy atom. The van der Waals surface area contributed by atoms with E-state index in [0.29, 0.717) is 11.4 Å². The SMILES string of the molecule is COc1ccccc1NC(=O)[C@H](C)[NH2+][C@H](c1ccccc1)c1ccco1. The van der Waals surface area contributed by atoms with Gasteiger partial charge in [-0.3, -0.25) is 4.79 Å². The molecule has 3 rings (SSSR count). The molecule has 1 heterocycles. The summed E-state index contributed by atoms with van der Waals surface area (Å²) in [6.45, 7) is 1.88. The molecule has 5 heteroatoms. The molecule has 0 saturated carbocycles. The molecule has 0 unspecified atom stereocenters. The molecule has 0 aliphatic carbocycles. The van der Waals surface area contributed by atoms with Gasteiger partial charge in [0, 0.05) is 5.56 Å². The number of nitrogens with one attached hydrogen (secondary N) is 1. The first-order chi connectivity index (χ1) is 12.7.